The van der Waals surface area contributed by atoms with Gasteiger partial charge in [-0.15, -0.1) is 0 Å². The molecule has 0 saturated carbocycles. The van der Waals surface area contributed by atoms with Crippen molar-refractivity contribution in [2.75, 3.05) is 0 Å². The van der Waals surface area contributed by atoms with Gasteiger partial charge in [-0.1, -0.05) is 0 Å². The Bertz CT molecular complexity index is 686. The van der Waals surface area contributed by atoms with Crippen LogP contribution in [0.3, 0.4) is 0 Å². The molecule has 0 aliphatic heterocycles. The van der Waals surface area contributed by atoms with Gasteiger partial charge in [0, 0.05) is 5.56 Å². The molecule has 4 heteroatoms. The SMILES string of the molecule is C[C@@H](NCc1ccc(-c2ccc(F)cc2)o1)c1ccco1. The van der Waals surface area contributed by atoms with Crippen LogP contribution in [0, 0.1) is 5.82 Å². The normalized spacial score (nSPS) is 12.5. The Kier molecular flexibility index (Phi) is 3.88. The number of rotatable bonds is 5. The molecular weight excluding hydrogens is 269 g/mol. The Morgan fingerprint density at radius 1 is 1.10 bits per heavy atom. The van der Waals surface area contributed by atoms with E-state index >= 15 is 0 Å². The predicted molar refractivity (Wildman–Crippen MR) is 78.1 cm³/mol. The van der Waals surface area contributed by atoms with Crippen molar-refractivity contribution in [2.24, 2.45) is 0 Å². The number of furan rings is 2. The average Bonchev–Trinajstić information content (AvgIpc) is 3.17. The summed E-state index contributed by atoms with van der Waals surface area (Å²) in [6.45, 7) is 2.63. The molecule has 2 aromatic heterocycles. The molecule has 0 bridgehead atoms. The standard InChI is InChI=1S/C17H16FNO2/c1-12(16-3-2-10-20-16)19-11-15-8-9-17(21-15)13-4-6-14(18)7-5-13/h2-10,12,19H,11H2,1H3/t12-/m1/s1. The molecule has 3 aromatic rings. The van der Waals surface area contributed by atoms with Crippen molar-refractivity contribution in [1.82, 2.24) is 5.32 Å². The molecule has 3 rings (SSSR count). The molecular formula is C17H16FNO2. The van der Waals surface area contributed by atoms with Crippen molar-refractivity contribution in [3.05, 3.63) is 72.1 Å². The molecule has 1 atom stereocenters. The van der Waals surface area contributed by atoms with Crippen LogP contribution in [0.15, 0.2) is 63.6 Å². The van der Waals surface area contributed by atoms with Gasteiger partial charge in [0.1, 0.15) is 23.1 Å². The lowest BCUT2D eigenvalue weighted by Crippen LogP contribution is -2.17. The zero-order chi connectivity index (χ0) is 14.7. The molecule has 21 heavy (non-hydrogen) atoms. The first-order valence-electron chi connectivity index (χ1n) is 6.84. The van der Waals surface area contributed by atoms with E-state index in [9.17, 15) is 4.39 Å². The Labute approximate surface area is 122 Å². The van der Waals surface area contributed by atoms with Crippen molar-refractivity contribution in [2.45, 2.75) is 19.5 Å². The monoisotopic (exact) mass is 285 g/mol. The topological polar surface area (TPSA) is 38.3 Å². The van der Waals surface area contributed by atoms with Crippen LogP contribution in [0.5, 0.6) is 0 Å². The van der Waals surface area contributed by atoms with E-state index in [0.29, 0.717) is 6.54 Å². The largest absolute Gasteiger partial charge is 0.468 e. The van der Waals surface area contributed by atoms with E-state index in [-0.39, 0.29) is 11.9 Å². The highest BCUT2D eigenvalue weighted by atomic mass is 19.1. The van der Waals surface area contributed by atoms with Crippen molar-refractivity contribution in [3.63, 3.8) is 0 Å². The highest BCUT2D eigenvalue weighted by Gasteiger charge is 2.09. The molecule has 0 aliphatic rings. The molecule has 1 aromatic carbocycles. The summed E-state index contributed by atoms with van der Waals surface area (Å²) in [5.41, 5.74) is 0.863. The molecule has 0 radical (unpaired) electrons. The fourth-order valence-corrected chi connectivity index (χ4v) is 2.13. The molecule has 0 fully saturated rings. The predicted octanol–water partition coefficient (Wildman–Crippen LogP) is 4.53. The van der Waals surface area contributed by atoms with Crippen LogP contribution >= 0.6 is 0 Å². The maximum absolute atomic E-state index is 12.9. The quantitative estimate of drug-likeness (QED) is 0.748. The van der Waals surface area contributed by atoms with E-state index in [1.165, 1.54) is 12.1 Å². The second kappa shape index (κ2) is 5.97. The number of hydrogen-bond acceptors (Lipinski definition) is 3. The minimum Gasteiger partial charge on any atom is -0.468 e. The second-order valence-corrected chi connectivity index (χ2v) is 4.89. The first-order chi connectivity index (χ1) is 10.2. The van der Waals surface area contributed by atoms with Crippen molar-refractivity contribution < 1.29 is 13.2 Å². The Morgan fingerprint density at radius 3 is 2.62 bits per heavy atom. The Balaban J connectivity index is 1.64. The van der Waals surface area contributed by atoms with Crippen molar-refractivity contribution >= 4 is 0 Å². The van der Waals surface area contributed by atoms with Gasteiger partial charge in [-0.25, -0.2) is 4.39 Å². The first kappa shape index (κ1) is 13.6. The Morgan fingerprint density at radius 2 is 1.90 bits per heavy atom. The van der Waals surface area contributed by atoms with Crippen LogP contribution in [0.4, 0.5) is 4.39 Å². The zero-order valence-corrected chi connectivity index (χ0v) is 11.7. The smallest absolute Gasteiger partial charge is 0.134 e. The van der Waals surface area contributed by atoms with Gasteiger partial charge < -0.3 is 14.2 Å². The average molecular weight is 285 g/mol. The third kappa shape index (κ3) is 3.23. The molecule has 0 spiro atoms. The maximum Gasteiger partial charge on any atom is 0.134 e. The van der Waals surface area contributed by atoms with Crippen LogP contribution in [-0.2, 0) is 6.54 Å². The summed E-state index contributed by atoms with van der Waals surface area (Å²) in [5, 5.41) is 3.33. The summed E-state index contributed by atoms with van der Waals surface area (Å²) in [4.78, 5) is 0. The van der Waals surface area contributed by atoms with Gasteiger partial charge in [0.05, 0.1) is 18.8 Å². The fourth-order valence-electron chi connectivity index (χ4n) is 2.13. The van der Waals surface area contributed by atoms with Crippen molar-refractivity contribution in [3.8, 4) is 11.3 Å². The highest BCUT2D eigenvalue weighted by molar-refractivity contribution is 5.57. The fraction of sp³-hybridized carbons (Fsp3) is 0.176. The van der Waals surface area contributed by atoms with Gasteiger partial charge in [-0.05, 0) is 55.5 Å². The summed E-state index contributed by atoms with van der Waals surface area (Å²) in [5.74, 6) is 2.20. The van der Waals surface area contributed by atoms with Gasteiger partial charge in [0.15, 0.2) is 0 Å². The van der Waals surface area contributed by atoms with Crippen LogP contribution in [0.2, 0.25) is 0 Å². The molecule has 3 nitrogen and oxygen atoms in total. The van der Waals surface area contributed by atoms with E-state index in [1.54, 1.807) is 18.4 Å². The molecule has 0 saturated heterocycles. The van der Waals surface area contributed by atoms with E-state index in [4.69, 9.17) is 8.83 Å². The number of hydrogen-bond donors (Lipinski definition) is 1. The molecule has 108 valence electrons. The van der Waals surface area contributed by atoms with E-state index in [2.05, 4.69) is 5.32 Å². The third-order valence-corrected chi connectivity index (χ3v) is 3.34. The second-order valence-electron chi connectivity index (χ2n) is 4.89. The minimum absolute atomic E-state index is 0.111. The van der Waals surface area contributed by atoms with E-state index in [0.717, 1.165) is 22.8 Å². The minimum atomic E-state index is -0.250. The summed E-state index contributed by atoms with van der Waals surface area (Å²) < 4.78 is 24.0. The van der Waals surface area contributed by atoms with Crippen LogP contribution in [0.25, 0.3) is 11.3 Å². The van der Waals surface area contributed by atoms with Crippen LogP contribution < -0.4 is 5.32 Å². The van der Waals surface area contributed by atoms with Crippen molar-refractivity contribution in [1.29, 1.82) is 0 Å². The van der Waals surface area contributed by atoms with Gasteiger partial charge in [-0.2, -0.15) is 0 Å². The summed E-state index contributed by atoms with van der Waals surface area (Å²) in [6.07, 6.45) is 1.66. The Hall–Kier alpha value is -2.33. The van der Waals surface area contributed by atoms with Gasteiger partial charge in [0.2, 0.25) is 0 Å². The lowest BCUT2D eigenvalue weighted by Gasteiger charge is -2.09. The zero-order valence-electron chi connectivity index (χ0n) is 11.7. The first-order valence-corrected chi connectivity index (χ1v) is 6.84. The van der Waals surface area contributed by atoms with Gasteiger partial charge in [0.25, 0.3) is 0 Å². The lowest BCUT2D eigenvalue weighted by atomic mass is 10.2. The van der Waals surface area contributed by atoms with Crippen LogP contribution in [-0.4, -0.2) is 0 Å². The van der Waals surface area contributed by atoms with Crippen LogP contribution in [0.1, 0.15) is 24.5 Å². The molecule has 0 unspecified atom stereocenters. The maximum atomic E-state index is 12.9. The third-order valence-electron chi connectivity index (χ3n) is 3.34. The lowest BCUT2D eigenvalue weighted by molar-refractivity contribution is 0.409. The van der Waals surface area contributed by atoms with E-state index < -0.39 is 0 Å². The number of halogens is 1. The molecule has 2 heterocycles. The summed E-state index contributed by atoms with van der Waals surface area (Å²) in [7, 11) is 0. The summed E-state index contributed by atoms with van der Waals surface area (Å²) in [6, 6.07) is 14.0. The molecule has 0 aliphatic carbocycles. The van der Waals surface area contributed by atoms with Gasteiger partial charge >= 0.3 is 0 Å². The summed E-state index contributed by atoms with van der Waals surface area (Å²) >= 11 is 0. The number of nitrogens with one attached hydrogen (secondary N) is 1. The highest BCUT2D eigenvalue weighted by Crippen LogP contribution is 2.23. The van der Waals surface area contributed by atoms with Gasteiger partial charge in [-0.3, -0.25) is 0 Å². The number of benzene rings is 1. The molecule has 1 N–H and O–H groups in total. The molecule has 0 amide bonds. The van der Waals surface area contributed by atoms with E-state index in [1.807, 2.05) is 31.2 Å².